The minimum atomic E-state index is 0.108. The lowest BCUT2D eigenvalue weighted by atomic mass is 10.0. The first-order valence-electron chi connectivity index (χ1n) is 7.09. The SMILES string of the molecule is Cc1[nH]cnc1CNC1CCN(C(=O)C(C)C)CC1. The molecular weight excluding hydrogens is 240 g/mol. The Morgan fingerprint density at radius 2 is 2.21 bits per heavy atom. The van der Waals surface area contributed by atoms with E-state index in [9.17, 15) is 4.79 Å². The number of nitrogens with one attached hydrogen (secondary N) is 2. The highest BCUT2D eigenvalue weighted by molar-refractivity contribution is 5.78. The third-order valence-electron chi connectivity index (χ3n) is 3.79. The largest absolute Gasteiger partial charge is 0.348 e. The Hall–Kier alpha value is -1.36. The topological polar surface area (TPSA) is 61.0 Å². The zero-order valence-corrected chi connectivity index (χ0v) is 12.1. The molecule has 1 aromatic heterocycles. The zero-order chi connectivity index (χ0) is 13.8. The number of rotatable bonds is 4. The molecule has 2 rings (SSSR count). The highest BCUT2D eigenvalue weighted by Crippen LogP contribution is 2.14. The van der Waals surface area contributed by atoms with Gasteiger partial charge in [-0.3, -0.25) is 4.79 Å². The fourth-order valence-electron chi connectivity index (χ4n) is 2.48. The quantitative estimate of drug-likeness (QED) is 0.865. The van der Waals surface area contributed by atoms with E-state index in [0.29, 0.717) is 6.04 Å². The number of hydrogen-bond acceptors (Lipinski definition) is 3. The van der Waals surface area contributed by atoms with Gasteiger partial charge in [0.1, 0.15) is 0 Å². The standard InChI is InChI=1S/C14H24N4O/c1-10(2)14(19)18-6-4-12(5-7-18)15-8-13-11(3)16-9-17-13/h9-10,12,15H,4-8H2,1-3H3,(H,16,17). The van der Waals surface area contributed by atoms with E-state index < -0.39 is 0 Å². The van der Waals surface area contributed by atoms with Crippen LogP contribution in [-0.4, -0.2) is 39.9 Å². The van der Waals surface area contributed by atoms with Crippen LogP contribution in [0.2, 0.25) is 0 Å². The lowest BCUT2D eigenvalue weighted by Gasteiger charge is -2.33. The Morgan fingerprint density at radius 3 is 2.74 bits per heavy atom. The van der Waals surface area contributed by atoms with E-state index in [0.717, 1.165) is 43.9 Å². The van der Waals surface area contributed by atoms with E-state index in [2.05, 4.69) is 15.3 Å². The molecule has 106 valence electrons. The van der Waals surface area contributed by atoms with Gasteiger partial charge in [0, 0.05) is 37.3 Å². The molecule has 2 heterocycles. The second kappa shape index (κ2) is 6.19. The van der Waals surface area contributed by atoms with Crippen molar-refractivity contribution in [3.8, 4) is 0 Å². The van der Waals surface area contributed by atoms with Crippen molar-refractivity contribution >= 4 is 5.91 Å². The van der Waals surface area contributed by atoms with Crippen LogP contribution in [0.15, 0.2) is 6.33 Å². The van der Waals surface area contributed by atoms with E-state index in [1.807, 2.05) is 25.7 Å². The first-order chi connectivity index (χ1) is 9.08. The predicted octanol–water partition coefficient (Wildman–Crippen LogP) is 1.45. The van der Waals surface area contributed by atoms with Crippen molar-refractivity contribution in [2.45, 2.75) is 46.2 Å². The molecule has 0 unspecified atom stereocenters. The molecule has 0 spiro atoms. The van der Waals surface area contributed by atoms with Crippen molar-refractivity contribution in [2.24, 2.45) is 5.92 Å². The third-order valence-corrected chi connectivity index (χ3v) is 3.79. The second-order valence-corrected chi connectivity index (χ2v) is 5.61. The van der Waals surface area contributed by atoms with Gasteiger partial charge in [-0.25, -0.2) is 4.98 Å². The summed E-state index contributed by atoms with van der Waals surface area (Å²) in [5, 5.41) is 3.53. The van der Waals surface area contributed by atoms with Crippen LogP contribution in [0, 0.1) is 12.8 Å². The third kappa shape index (κ3) is 3.56. The number of aromatic nitrogens is 2. The molecule has 1 aliphatic heterocycles. The molecular formula is C14H24N4O. The molecule has 19 heavy (non-hydrogen) atoms. The molecule has 5 heteroatoms. The summed E-state index contributed by atoms with van der Waals surface area (Å²) in [6, 6.07) is 0.493. The summed E-state index contributed by atoms with van der Waals surface area (Å²) in [6.45, 7) is 8.51. The van der Waals surface area contributed by atoms with Crippen LogP contribution in [0.5, 0.6) is 0 Å². The molecule has 1 amide bonds. The van der Waals surface area contributed by atoms with E-state index in [1.165, 1.54) is 0 Å². The highest BCUT2D eigenvalue weighted by atomic mass is 16.2. The summed E-state index contributed by atoms with van der Waals surface area (Å²) in [5.74, 6) is 0.387. The first-order valence-corrected chi connectivity index (χ1v) is 7.09. The Morgan fingerprint density at radius 1 is 1.53 bits per heavy atom. The average molecular weight is 264 g/mol. The summed E-state index contributed by atoms with van der Waals surface area (Å²) in [7, 11) is 0. The molecule has 0 bridgehead atoms. The fourth-order valence-corrected chi connectivity index (χ4v) is 2.48. The second-order valence-electron chi connectivity index (χ2n) is 5.61. The van der Waals surface area contributed by atoms with Crippen molar-refractivity contribution in [3.63, 3.8) is 0 Å². The molecule has 1 aliphatic rings. The van der Waals surface area contributed by atoms with Gasteiger partial charge in [-0.2, -0.15) is 0 Å². The van der Waals surface area contributed by atoms with Crippen LogP contribution in [0.25, 0.3) is 0 Å². The van der Waals surface area contributed by atoms with Crippen LogP contribution < -0.4 is 5.32 Å². The van der Waals surface area contributed by atoms with Crippen LogP contribution in [0.4, 0.5) is 0 Å². The molecule has 0 aliphatic carbocycles. The lowest BCUT2D eigenvalue weighted by molar-refractivity contribution is -0.135. The summed E-state index contributed by atoms with van der Waals surface area (Å²) in [6.07, 6.45) is 3.79. The molecule has 0 aromatic carbocycles. The highest BCUT2D eigenvalue weighted by Gasteiger charge is 2.23. The van der Waals surface area contributed by atoms with Gasteiger partial charge in [0.2, 0.25) is 5.91 Å². The van der Waals surface area contributed by atoms with E-state index in [4.69, 9.17) is 0 Å². The number of aromatic amines is 1. The number of H-pyrrole nitrogens is 1. The molecule has 1 saturated heterocycles. The van der Waals surface area contributed by atoms with Gasteiger partial charge in [-0.05, 0) is 19.8 Å². The number of aryl methyl sites for hydroxylation is 1. The van der Waals surface area contributed by atoms with E-state index in [1.54, 1.807) is 6.33 Å². The summed E-state index contributed by atoms with van der Waals surface area (Å²) in [4.78, 5) is 21.2. The van der Waals surface area contributed by atoms with Gasteiger partial charge in [-0.15, -0.1) is 0 Å². The van der Waals surface area contributed by atoms with Crippen molar-refractivity contribution in [1.29, 1.82) is 0 Å². The maximum absolute atomic E-state index is 11.9. The summed E-state index contributed by atoms with van der Waals surface area (Å²) in [5.41, 5.74) is 2.21. The number of nitrogens with zero attached hydrogens (tertiary/aromatic N) is 2. The lowest BCUT2D eigenvalue weighted by Crippen LogP contribution is -2.46. The van der Waals surface area contributed by atoms with Crippen LogP contribution in [0.1, 0.15) is 38.1 Å². The zero-order valence-electron chi connectivity index (χ0n) is 12.1. The van der Waals surface area contributed by atoms with Crippen LogP contribution in [0.3, 0.4) is 0 Å². The van der Waals surface area contributed by atoms with Gasteiger partial charge in [-0.1, -0.05) is 13.8 Å². The van der Waals surface area contributed by atoms with Gasteiger partial charge in [0.25, 0.3) is 0 Å². The monoisotopic (exact) mass is 264 g/mol. The van der Waals surface area contributed by atoms with Gasteiger partial charge < -0.3 is 15.2 Å². The van der Waals surface area contributed by atoms with Crippen LogP contribution in [-0.2, 0) is 11.3 Å². The average Bonchev–Trinajstić information content (AvgIpc) is 2.81. The number of carbonyl (C=O) groups is 1. The normalized spacial score (nSPS) is 17.2. The molecule has 5 nitrogen and oxygen atoms in total. The number of likely N-dealkylation sites (tertiary alicyclic amines) is 1. The molecule has 0 atom stereocenters. The number of carbonyl (C=O) groups excluding carboxylic acids is 1. The summed E-state index contributed by atoms with van der Waals surface area (Å²) >= 11 is 0. The molecule has 1 fully saturated rings. The Kier molecular flexibility index (Phi) is 4.58. The maximum Gasteiger partial charge on any atom is 0.225 e. The Balaban J connectivity index is 1.75. The number of imidazole rings is 1. The molecule has 0 saturated carbocycles. The number of piperidine rings is 1. The Labute approximate surface area is 114 Å². The number of hydrogen-bond donors (Lipinski definition) is 2. The molecule has 0 radical (unpaired) electrons. The van der Waals surface area contributed by atoms with Crippen molar-refractivity contribution in [2.75, 3.05) is 13.1 Å². The predicted molar refractivity (Wildman–Crippen MR) is 74.6 cm³/mol. The minimum absolute atomic E-state index is 0.108. The van der Waals surface area contributed by atoms with Crippen LogP contribution >= 0.6 is 0 Å². The fraction of sp³-hybridized carbons (Fsp3) is 0.714. The number of amides is 1. The molecule has 1 aromatic rings. The minimum Gasteiger partial charge on any atom is -0.348 e. The van der Waals surface area contributed by atoms with Crippen molar-refractivity contribution in [1.82, 2.24) is 20.2 Å². The maximum atomic E-state index is 11.9. The smallest absolute Gasteiger partial charge is 0.225 e. The van der Waals surface area contributed by atoms with Crippen molar-refractivity contribution < 1.29 is 4.79 Å². The van der Waals surface area contributed by atoms with Crippen molar-refractivity contribution in [3.05, 3.63) is 17.7 Å². The van der Waals surface area contributed by atoms with E-state index >= 15 is 0 Å². The van der Waals surface area contributed by atoms with Gasteiger partial charge in [0.15, 0.2) is 0 Å². The van der Waals surface area contributed by atoms with E-state index in [-0.39, 0.29) is 11.8 Å². The first kappa shape index (κ1) is 14.1. The summed E-state index contributed by atoms with van der Waals surface area (Å²) < 4.78 is 0. The van der Waals surface area contributed by atoms with Gasteiger partial charge in [0.05, 0.1) is 12.0 Å². The molecule has 2 N–H and O–H groups in total. The van der Waals surface area contributed by atoms with Gasteiger partial charge >= 0.3 is 0 Å². The Bertz CT molecular complexity index is 419.